The van der Waals surface area contributed by atoms with Gasteiger partial charge < -0.3 is 10.6 Å². The maximum absolute atomic E-state index is 12.0. The molecule has 1 aromatic rings. The summed E-state index contributed by atoms with van der Waals surface area (Å²) in [5.41, 5.74) is 1.77. The molecule has 1 aromatic carbocycles. The average Bonchev–Trinajstić information content (AvgIpc) is 3.22. The molecule has 19 heavy (non-hydrogen) atoms. The van der Waals surface area contributed by atoms with Crippen molar-refractivity contribution in [3.05, 3.63) is 29.8 Å². The molecule has 0 saturated heterocycles. The first-order chi connectivity index (χ1) is 9.10. The molecule has 1 saturated carbocycles. The number of carbonyl (C=O) groups is 1. The fraction of sp³-hybridized carbons (Fsp3) is 0.562. The van der Waals surface area contributed by atoms with E-state index in [2.05, 4.69) is 31.4 Å². The molecule has 0 aromatic heterocycles. The van der Waals surface area contributed by atoms with Crippen LogP contribution in [0.15, 0.2) is 24.3 Å². The second kappa shape index (κ2) is 6.09. The van der Waals surface area contributed by atoms with Gasteiger partial charge in [-0.05, 0) is 43.9 Å². The van der Waals surface area contributed by atoms with Gasteiger partial charge in [0.25, 0.3) is 5.91 Å². The molecular weight excluding hydrogens is 236 g/mol. The van der Waals surface area contributed by atoms with Crippen molar-refractivity contribution < 1.29 is 4.79 Å². The lowest BCUT2D eigenvalue weighted by Crippen LogP contribution is -2.26. The van der Waals surface area contributed by atoms with Crippen LogP contribution in [-0.4, -0.2) is 18.0 Å². The Labute approximate surface area is 115 Å². The van der Waals surface area contributed by atoms with Crippen LogP contribution in [-0.2, 0) is 0 Å². The highest BCUT2D eigenvalue weighted by Crippen LogP contribution is 2.20. The third kappa shape index (κ3) is 3.98. The van der Waals surface area contributed by atoms with Gasteiger partial charge in [0.1, 0.15) is 0 Å². The molecule has 3 heteroatoms. The molecule has 3 nitrogen and oxygen atoms in total. The smallest absolute Gasteiger partial charge is 0.251 e. The molecule has 1 aliphatic carbocycles. The molecule has 1 amide bonds. The number of anilines is 1. The lowest BCUT2D eigenvalue weighted by molar-refractivity contribution is 0.0951. The molecule has 2 atom stereocenters. The van der Waals surface area contributed by atoms with E-state index in [0.29, 0.717) is 18.0 Å². The van der Waals surface area contributed by atoms with Crippen molar-refractivity contribution in [3.8, 4) is 0 Å². The van der Waals surface area contributed by atoms with Crippen LogP contribution in [0, 0.1) is 5.92 Å². The largest absolute Gasteiger partial charge is 0.382 e. The summed E-state index contributed by atoms with van der Waals surface area (Å²) in [6, 6.07) is 8.59. The summed E-state index contributed by atoms with van der Waals surface area (Å²) >= 11 is 0. The summed E-state index contributed by atoms with van der Waals surface area (Å²) in [4.78, 5) is 12.0. The van der Waals surface area contributed by atoms with E-state index < -0.39 is 0 Å². The Balaban J connectivity index is 1.99. The molecule has 0 spiro atoms. The van der Waals surface area contributed by atoms with Crippen LogP contribution < -0.4 is 10.6 Å². The van der Waals surface area contributed by atoms with Crippen LogP contribution in [0.2, 0.25) is 0 Å². The normalized spacial score (nSPS) is 17.6. The van der Waals surface area contributed by atoms with Crippen molar-refractivity contribution in [3.63, 3.8) is 0 Å². The second-order valence-electron chi connectivity index (χ2n) is 5.65. The summed E-state index contributed by atoms with van der Waals surface area (Å²) in [5, 5.41) is 6.49. The third-order valence-electron chi connectivity index (χ3n) is 3.93. The Morgan fingerprint density at radius 2 is 2.11 bits per heavy atom. The van der Waals surface area contributed by atoms with Gasteiger partial charge in [-0.25, -0.2) is 0 Å². The molecular formula is C16H24N2O. The van der Waals surface area contributed by atoms with Gasteiger partial charge in [-0.2, -0.15) is 0 Å². The lowest BCUT2D eigenvalue weighted by atomic mass is 10.0. The van der Waals surface area contributed by atoms with E-state index in [1.54, 1.807) is 0 Å². The molecule has 2 unspecified atom stereocenters. The lowest BCUT2D eigenvalue weighted by Gasteiger charge is -2.21. The molecule has 2 rings (SSSR count). The van der Waals surface area contributed by atoms with Gasteiger partial charge >= 0.3 is 0 Å². The molecule has 2 N–H and O–H groups in total. The van der Waals surface area contributed by atoms with Crippen molar-refractivity contribution in [1.29, 1.82) is 0 Å². The predicted octanol–water partition coefficient (Wildman–Crippen LogP) is 3.43. The zero-order valence-corrected chi connectivity index (χ0v) is 12.1. The molecule has 0 aliphatic heterocycles. The van der Waals surface area contributed by atoms with Crippen LogP contribution in [0.25, 0.3) is 0 Å². The van der Waals surface area contributed by atoms with Gasteiger partial charge in [0.2, 0.25) is 0 Å². The van der Waals surface area contributed by atoms with Crippen molar-refractivity contribution >= 4 is 11.6 Å². The number of nitrogens with one attached hydrogen (secondary N) is 2. The molecule has 0 bridgehead atoms. The number of hydrogen-bond donors (Lipinski definition) is 2. The minimum Gasteiger partial charge on any atom is -0.382 e. The fourth-order valence-corrected chi connectivity index (χ4v) is 2.01. The fourth-order valence-electron chi connectivity index (χ4n) is 2.01. The van der Waals surface area contributed by atoms with Gasteiger partial charge in [0.15, 0.2) is 0 Å². The second-order valence-corrected chi connectivity index (χ2v) is 5.65. The summed E-state index contributed by atoms with van der Waals surface area (Å²) in [5.74, 6) is 0.659. The summed E-state index contributed by atoms with van der Waals surface area (Å²) in [7, 11) is 0. The number of hydrogen-bond acceptors (Lipinski definition) is 2. The molecule has 1 aliphatic rings. The van der Waals surface area contributed by atoms with E-state index in [1.165, 1.54) is 0 Å². The Morgan fingerprint density at radius 1 is 1.37 bits per heavy atom. The first-order valence-electron chi connectivity index (χ1n) is 7.27. The van der Waals surface area contributed by atoms with Crippen molar-refractivity contribution in [2.75, 3.05) is 5.32 Å². The average molecular weight is 260 g/mol. The van der Waals surface area contributed by atoms with Crippen LogP contribution in [0.5, 0.6) is 0 Å². The van der Waals surface area contributed by atoms with Crippen LogP contribution in [0.3, 0.4) is 0 Å². The first kappa shape index (κ1) is 13.9. The van der Waals surface area contributed by atoms with Crippen molar-refractivity contribution in [2.45, 2.75) is 52.1 Å². The minimum atomic E-state index is 0.0438. The van der Waals surface area contributed by atoms with E-state index in [4.69, 9.17) is 0 Å². The quantitative estimate of drug-likeness (QED) is 0.822. The highest BCUT2D eigenvalue weighted by molar-refractivity contribution is 5.95. The Bertz CT molecular complexity index is 440. The van der Waals surface area contributed by atoms with Crippen LogP contribution in [0.4, 0.5) is 5.69 Å². The van der Waals surface area contributed by atoms with Crippen LogP contribution >= 0.6 is 0 Å². The molecule has 1 fully saturated rings. The number of rotatable bonds is 6. The van der Waals surface area contributed by atoms with Gasteiger partial charge in [-0.3, -0.25) is 4.79 Å². The van der Waals surface area contributed by atoms with E-state index in [9.17, 15) is 4.79 Å². The summed E-state index contributed by atoms with van der Waals surface area (Å²) < 4.78 is 0. The predicted molar refractivity (Wildman–Crippen MR) is 79.5 cm³/mol. The maximum atomic E-state index is 12.0. The topological polar surface area (TPSA) is 41.1 Å². The summed E-state index contributed by atoms with van der Waals surface area (Å²) in [6.45, 7) is 6.62. The van der Waals surface area contributed by atoms with Gasteiger partial charge in [0.05, 0.1) is 0 Å². The monoisotopic (exact) mass is 260 g/mol. The standard InChI is InChI=1S/C16H24N2O/c1-4-11(2)12(3)17-15-7-5-6-13(10-15)16(19)18-14-8-9-14/h5-7,10-12,14,17H,4,8-9H2,1-3H3,(H,18,19). The van der Waals surface area contributed by atoms with Gasteiger partial charge in [-0.15, -0.1) is 0 Å². The highest BCUT2D eigenvalue weighted by atomic mass is 16.1. The minimum absolute atomic E-state index is 0.0438. The maximum Gasteiger partial charge on any atom is 0.251 e. The number of benzene rings is 1. The van der Waals surface area contributed by atoms with Gasteiger partial charge in [-0.1, -0.05) is 26.3 Å². The molecule has 0 radical (unpaired) electrons. The van der Waals surface area contributed by atoms with E-state index in [-0.39, 0.29) is 5.91 Å². The number of carbonyl (C=O) groups excluding carboxylic acids is 1. The first-order valence-corrected chi connectivity index (χ1v) is 7.27. The Kier molecular flexibility index (Phi) is 4.46. The summed E-state index contributed by atoms with van der Waals surface area (Å²) in [6.07, 6.45) is 3.39. The SMILES string of the molecule is CCC(C)C(C)Nc1cccc(C(=O)NC2CC2)c1. The van der Waals surface area contributed by atoms with E-state index in [0.717, 1.165) is 30.5 Å². The van der Waals surface area contributed by atoms with Crippen molar-refractivity contribution in [1.82, 2.24) is 5.32 Å². The molecule has 0 heterocycles. The van der Waals surface area contributed by atoms with Gasteiger partial charge in [0, 0.05) is 23.3 Å². The Hall–Kier alpha value is -1.51. The highest BCUT2D eigenvalue weighted by Gasteiger charge is 2.23. The zero-order chi connectivity index (χ0) is 13.8. The zero-order valence-electron chi connectivity index (χ0n) is 12.1. The third-order valence-corrected chi connectivity index (χ3v) is 3.93. The van der Waals surface area contributed by atoms with E-state index >= 15 is 0 Å². The number of amides is 1. The molecule has 104 valence electrons. The van der Waals surface area contributed by atoms with Crippen molar-refractivity contribution in [2.24, 2.45) is 5.92 Å². The van der Waals surface area contributed by atoms with E-state index in [1.807, 2.05) is 24.3 Å². The Morgan fingerprint density at radius 3 is 2.74 bits per heavy atom. The van der Waals surface area contributed by atoms with Crippen LogP contribution in [0.1, 0.15) is 50.4 Å².